The van der Waals surface area contributed by atoms with Crippen molar-refractivity contribution in [3.63, 3.8) is 0 Å². The van der Waals surface area contributed by atoms with E-state index >= 15 is 0 Å². The Morgan fingerprint density at radius 2 is 2.24 bits per heavy atom. The predicted octanol–water partition coefficient (Wildman–Crippen LogP) is 1.79. The van der Waals surface area contributed by atoms with E-state index in [2.05, 4.69) is 21.8 Å². The van der Waals surface area contributed by atoms with Crippen LogP contribution in [0.1, 0.15) is 13.0 Å². The molecule has 0 aromatic carbocycles. The fraction of sp³-hybridized carbons (Fsp3) is 0.455. The Morgan fingerprint density at radius 1 is 1.53 bits per heavy atom. The molecular formula is C11H16ClN5. The van der Waals surface area contributed by atoms with Gasteiger partial charge in [-0.15, -0.1) is 0 Å². The molecule has 17 heavy (non-hydrogen) atoms. The van der Waals surface area contributed by atoms with Gasteiger partial charge in [0.05, 0.1) is 5.02 Å². The van der Waals surface area contributed by atoms with Crippen LogP contribution in [-0.4, -0.2) is 40.1 Å². The van der Waals surface area contributed by atoms with Crippen LogP contribution >= 0.6 is 11.6 Å². The first-order valence-electron chi connectivity index (χ1n) is 5.42. The van der Waals surface area contributed by atoms with Crippen molar-refractivity contribution in [2.24, 2.45) is 0 Å². The van der Waals surface area contributed by atoms with Gasteiger partial charge in [0.1, 0.15) is 5.52 Å². The highest BCUT2D eigenvalue weighted by atomic mass is 35.5. The number of nitrogens with two attached hydrogens (primary N) is 1. The number of hydrogen-bond acceptors (Lipinski definition) is 4. The number of fused-ring (bicyclic) bond motifs is 1. The highest BCUT2D eigenvalue weighted by Gasteiger charge is 2.15. The average Bonchev–Trinajstić information content (AvgIpc) is 2.51. The highest BCUT2D eigenvalue weighted by Crippen LogP contribution is 2.23. The molecule has 2 N–H and O–H groups in total. The summed E-state index contributed by atoms with van der Waals surface area (Å²) in [5.41, 5.74) is 7.45. The number of anilines is 1. The maximum atomic E-state index is 5.93. The van der Waals surface area contributed by atoms with E-state index in [0.717, 1.165) is 17.7 Å². The van der Waals surface area contributed by atoms with Gasteiger partial charge in [0.15, 0.2) is 5.65 Å². The Hall–Kier alpha value is -1.33. The molecule has 0 aliphatic rings. The van der Waals surface area contributed by atoms with E-state index in [4.69, 9.17) is 17.3 Å². The van der Waals surface area contributed by atoms with Crippen molar-refractivity contribution in [2.75, 3.05) is 26.4 Å². The van der Waals surface area contributed by atoms with Crippen molar-refractivity contribution in [1.82, 2.24) is 19.4 Å². The molecule has 0 saturated carbocycles. The molecule has 0 radical (unpaired) electrons. The summed E-state index contributed by atoms with van der Waals surface area (Å²) < 4.78 is 1.94. The van der Waals surface area contributed by atoms with E-state index in [1.54, 1.807) is 12.3 Å². The SMILES string of the molecule is CC(CN(C)C)n1c(N)nc2cc(Cl)cnc21. The highest BCUT2D eigenvalue weighted by molar-refractivity contribution is 6.31. The van der Waals surface area contributed by atoms with E-state index in [1.807, 2.05) is 18.7 Å². The van der Waals surface area contributed by atoms with Crippen molar-refractivity contribution < 1.29 is 0 Å². The molecule has 92 valence electrons. The van der Waals surface area contributed by atoms with Gasteiger partial charge < -0.3 is 10.6 Å². The fourth-order valence-corrected chi connectivity index (χ4v) is 2.17. The number of aromatic nitrogens is 3. The molecule has 5 nitrogen and oxygen atoms in total. The van der Waals surface area contributed by atoms with Crippen LogP contribution in [-0.2, 0) is 0 Å². The van der Waals surface area contributed by atoms with Crippen molar-refractivity contribution in [1.29, 1.82) is 0 Å². The van der Waals surface area contributed by atoms with Crippen LogP contribution in [0, 0.1) is 0 Å². The van der Waals surface area contributed by atoms with Gasteiger partial charge in [-0.3, -0.25) is 4.57 Å². The monoisotopic (exact) mass is 253 g/mol. The molecule has 0 amide bonds. The van der Waals surface area contributed by atoms with Crippen LogP contribution < -0.4 is 5.73 Å². The van der Waals surface area contributed by atoms with Crippen LogP contribution in [0.4, 0.5) is 5.95 Å². The second-order valence-electron chi connectivity index (χ2n) is 4.45. The lowest BCUT2D eigenvalue weighted by molar-refractivity contribution is 0.342. The second kappa shape index (κ2) is 4.50. The van der Waals surface area contributed by atoms with Gasteiger partial charge in [-0.2, -0.15) is 0 Å². The van der Waals surface area contributed by atoms with Gasteiger partial charge >= 0.3 is 0 Å². The molecule has 1 atom stereocenters. The molecule has 2 rings (SSSR count). The standard InChI is InChI=1S/C11H16ClN5/c1-7(6-16(2)3)17-10-9(15-11(17)13)4-8(12)5-14-10/h4-5,7H,6H2,1-3H3,(H2,13,15). The smallest absolute Gasteiger partial charge is 0.202 e. The minimum atomic E-state index is 0.212. The minimum absolute atomic E-state index is 0.212. The molecule has 2 aromatic heterocycles. The average molecular weight is 254 g/mol. The lowest BCUT2D eigenvalue weighted by Crippen LogP contribution is -2.23. The number of pyridine rings is 1. The Kier molecular flexibility index (Phi) is 3.22. The number of nitrogens with zero attached hydrogens (tertiary/aromatic N) is 4. The third-order valence-corrected chi connectivity index (χ3v) is 2.80. The van der Waals surface area contributed by atoms with E-state index in [-0.39, 0.29) is 6.04 Å². The molecule has 0 aliphatic carbocycles. The molecule has 0 bridgehead atoms. The summed E-state index contributed by atoms with van der Waals surface area (Å²) in [5.74, 6) is 0.476. The quantitative estimate of drug-likeness (QED) is 0.906. The third-order valence-electron chi connectivity index (χ3n) is 2.59. The van der Waals surface area contributed by atoms with Crippen LogP contribution in [0.3, 0.4) is 0 Å². The molecule has 6 heteroatoms. The first-order chi connectivity index (χ1) is 7.99. The molecule has 0 saturated heterocycles. The molecule has 1 unspecified atom stereocenters. The topological polar surface area (TPSA) is 60.0 Å². The van der Waals surface area contributed by atoms with Crippen molar-refractivity contribution in [3.05, 3.63) is 17.3 Å². The Labute approximate surface area is 105 Å². The van der Waals surface area contributed by atoms with Gasteiger partial charge in [0.25, 0.3) is 0 Å². The lowest BCUT2D eigenvalue weighted by Gasteiger charge is -2.19. The van der Waals surface area contributed by atoms with Gasteiger partial charge in [0, 0.05) is 18.8 Å². The zero-order valence-electron chi connectivity index (χ0n) is 10.2. The van der Waals surface area contributed by atoms with E-state index < -0.39 is 0 Å². The number of rotatable bonds is 3. The maximum Gasteiger partial charge on any atom is 0.202 e. The minimum Gasteiger partial charge on any atom is -0.369 e. The lowest BCUT2D eigenvalue weighted by atomic mass is 10.3. The van der Waals surface area contributed by atoms with Gasteiger partial charge in [-0.1, -0.05) is 11.6 Å². The third kappa shape index (κ3) is 2.35. The van der Waals surface area contributed by atoms with E-state index in [1.165, 1.54) is 0 Å². The zero-order valence-corrected chi connectivity index (χ0v) is 10.9. The molecule has 2 heterocycles. The number of nitrogen functional groups attached to an aromatic ring is 1. The summed E-state index contributed by atoms with van der Waals surface area (Å²) in [6.07, 6.45) is 1.61. The number of hydrogen-bond donors (Lipinski definition) is 1. The number of halogens is 1. The van der Waals surface area contributed by atoms with Gasteiger partial charge in [-0.25, -0.2) is 9.97 Å². The summed E-state index contributed by atoms with van der Waals surface area (Å²) in [4.78, 5) is 10.7. The number of imidazole rings is 1. The summed E-state index contributed by atoms with van der Waals surface area (Å²) in [7, 11) is 4.05. The first kappa shape index (κ1) is 12.1. The van der Waals surface area contributed by atoms with E-state index in [9.17, 15) is 0 Å². The molecule has 2 aromatic rings. The first-order valence-corrected chi connectivity index (χ1v) is 5.80. The van der Waals surface area contributed by atoms with Crippen LogP contribution in [0.2, 0.25) is 5.02 Å². The van der Waals surface area contributed by atoms with Crippen LogP contribution in [0.15, 0.2) is 12.3 Å². The molecule has 0 fully saturated rings. The fourth-order valence-electron chi connectivity index (χ4n) is 2.02. The van der Waals surface area contributed by atoms with Crippen molar-refractivity contribution >= 4 is 28.7 Å². The van der Waals surface area contributed by atoms with Crippen LogP contribution in [0.25, 0.3) is 11.2 Å². The summed E-state index contributed by atoms with van der Waals surface area (Å²) >= 11 is 5.88. The van der Waals surface area contributed by atoms with E-state index in [0.29, 0.717) is 11.0 Å². The largest absolute Gasteiger partial charge is 0.369 e. The predicted molar refractivity (Wildman–Crippen MR) is 70.2 cm³/mol. The summed E-state index contributed by atoms with van der Waals surface area (Å²) in [5, 5.41) is 0.572. The molecule has 0 aliphatic heterocycles. The maximum absolute atomic E-state index is 5.93. The van der Waals surface area contributed by atoms with Gasteiger partial charge in [0.2, 0.25) is 5.95 Å². The van der Waals surface area contributed by atoms with Crippen LogP contribution in [0.5, 0.6) is 0 Å². The second-order valence-corrected chi connectivity index (χ2v) is 4.88. The zero-order chi connectivity index (χ0) is 12.6. The van der Waals surface area contributed by atoms with Crippen molar-refractivity contribution in [3.8, 4) is 0 Å². The molecular weight excluding hydrogens is 238 g/mol. The van der Waals surface area contributed by atoms with Gasteiger partial charge in [-0.05, 0) is 27.1 Å². The molecule has 0 spiro atoms. The Bertz CT molecular complexity index is 534. The Morgan fingerprint density at radius 3 is 2.88 bits per heavy atom. The Balaban J connectivity index is 2.49. The normalized spacial score (nSPS) is 13.5. The van der Waals surface area contributed by atoms with Crippen molar-refractivity contribution in [2.45, 2.75) is 13.0 Å². The number of likely N-dealkylation sites (N-methyl/N-ethyl adjacent to an activating group) is 1. The summed E-state index contributed by atoms with van der Waals surface area (Å²) in [6.45, 7) is 2.97. The summed E-state index contributed by atoms with van der Waals surface area (Å²) in [6, 6.07) is 1.99.